The Bertz CT molecular complexity index is 509. The molecule has 0 fully saturated rings. The molecular weight excluding hydrogens is 352 g/mol. The number of hydrogen-bond acceptors (Lipinski definition) is 6. The van der Waals surface area contributed by atoms with Crippen LogP contribution in [-0.4, -0.2) is 34.6 Å². The third kappa shape index (κ3) is 6.28. The molecule has 0 aliphatic carbocycles. The fraction of sp³-hybridized carbons (Fsp3) is 0.375. The molecule has 6 heteroatoms. The normalized spacial score (nSPS) is 10.7. The highest BCUT2D eigenvalue weighted by Gasteiger charge is 2.07. The van der Waals surface area contributed by atoms with Crippen molar-refractivity contribution < 1.29 is 9.59 Å². The van der Waals surface area contributed by atoms with Crippen molar-refractivity contribution in [3.8, 4) is 0 Å². The molecule has 2 rings (SSSR count). The lowest BCUT2D eigenvalue weighted by Gasteiger charge is -2.01. The zero-order valence-electron chi connectivity index (χ0n) is 12.2. The van der Waals surface area contributed by atoms with Gasteiger partial charge in [0.2, 0.25) is 0 Å². The van der Waals surface area contributed by atoms with Gasteiger partial charge in [-0.25, -0.2) is 0 Å². The van der Waals surface area contributed by atoms with Crippen molar-refractivity contribution in [2.45, 2.75) is 12.8 Å². The van der Waals surface area contributed by atoms with Crippen molar-refractivity contribution >= 4 is 57.8 Å². The fourth-order valence-corrected chi connectivity index (χ4v) is 5.17. The zero-order valence-corrected chi connectivity index (χ0v) is 15.4. The second kappa shape index (κ2) is 10.3. The highest BCUT2D eigenvalue weighted by Crippen LogP contribution is 2.16. The minimum absolute atomic E-state index is 0.247. The summed E-state index contributed by atoms with van der Waals surface area (Å²) < 4.78 is 0. The topological polar surface area (TPSA) is 34.1 Å². The van der Waals surface area contributed by atoms with Gasteiger partial charge in [-0.1, -0.05) is 12.1 Å². The molecule has 0 saturated carbocycles. The van der Waals surface area contributed by atoms with Crippen LogP contribution in [0.5, 0.6) is 0 Å². The van der Waals surface area contributed by atoms with Crippen LogP contribution in [0.15, 0.2) is 35.0 Å². The highest BCUT2D eigenvalue weighted by molar-refractivity contribution is 8.02. The third-order valence-corrected chi connectivity index (χ3v) is 6.96. The molecule has 0 aliphatic heterocycles. The molecule has 0 N–H and O–H groups in total. The summed E-state index contributed by atoms with van der Waals surface area (Å²) in [4.78, 5) is 25.3. The monoisotopic (exact) mass is 370 g/mol. The minimum Gasteiger partial charge on any atom is -0.293 e. The van der Waals surface area contributed by atoms with Crippen LogP contribution < -0.4 is 0 Å². The molecule has 118 valence electrons. The molecule has 0 unspecified atom stereocenters. The molecular formula is C16H18O2S4. The SMILES string of the molecule is O=C(CCSCCSCCC(=O)c1cccs1)c1cccs1. The maximum absolute atomic E-state index is 11.8. The summed E-state index contributed by atoms with van der Waals surface area (Å²) in [5.74, 6) is 4.33. The van der Waals surface area contributed by atoms with Gasteiger partial charge >= 0.3 is 0 Å². The van der Waals surface area contributed by atoms with Crippen molar-refractivity contribution in [1.29, 1.82) is 0 Å². The Labute approximate surface area is 147 Å². The first-order chi connectivity index (χ1) is 10.8. The molecule has 22 heavy (non-hydrogen) atoms. The summed E-state index contributed by atoms with van der Waals surface area (Å²) in [5, 5.41) is 3.88. The average Bonchev–Trinajstić information content (AvgIpc) is 3.22. The van der Waals surface area contributed by atoms with Gasteiger partial charge in [0.1, 0.15) is 0 Å². The average molecular weight is 371 g/mol. The van der Waals surface area contributed by atoms with Gasteiger partial charge in [0.25, 0.3) is 0 Å². The molecule has 2 nitrogen and oxygen atoms in total. The van der Waals surface area contributed by atoms with E-state index in [1.165, 1.54) is 22.7 Å². The molecule has 0 atom stereocenters. The van der Waals surface area contributed by atoms with E-state index in [2.05, 4.69) is 0 Å². The van der Waals surface area contributed by atoms with Crippen LogP contribution in [0, 0.1) is 0 Å². The molecule has 0 aromatic carbocycles. The Kier molecular flexibility index (Phi) is 8.30. The first-order valence-electron chi connectivity index (χ1n) is 7.06. The Hall–Kier alpha value is -0.560. The van der Waals surface area contributed by atoms with Gasteiger partial charge in [-0.05, 0) is 22.9 Å². The lowest BCUT2D eigenvalue weighted by atomic mass is 10.3. The van der Waals surface area contributed by atoms with E-state index in [-0.39, 0.29) is 11.6 Å². The molecule has 2 aromatic rings. The highest BCUT2D eigenvalue weighted by atomic mass is 32.2. The Morgan fingerprint density at radius 1 is 0.773 bits per heavy atom. The summed E-state index contributed by atoms with van der Waals surface area (Å²) in [6, 6.07) is 7.61. The molecule has 2 aromatic heterocycles. The van der Waals surface area contributed by atoms with Crippen LogP contribution in [0.1, 0.15) is 32.2 Å². The Balaban J connectivity index is 1.45. The van der Waals surface area contributed by atoms with E-state index in [1.807, 2.05) is 58.5 Å². The van der Waals surface area contributed by atoms with Gasteiger partial charge in [-0.3, -0.25) is 9.59 Å². The van der Waals surface area contributed by atoms with Gasteiger partial charge in [0, 0.05) is 35.9 Å². The maximum Gasteiger partial charge on any atom is 0.173 e. The van der Waals surface area contributed by atoms with Gasteiger partial charge in [-0.2, -0.15) is 23.5 Å². The van der Waals surface area contributed by atoms with Gasteiger partial charge < -0.3 is 0 Å². The van der Waals surface area contributed by atoms with E-state index in [4.69, 9.17) is 0 Å². The number of ketones is 2. The number of thiophene rings is 2. The van der Waals surface area contributed by atoms with Crippen molar-refractivity contribution in [1.82, 2.24) is 0 Å². The lowest BCUT2D eigenvalue weighted by molar-refractivity contribution is 0.0985. The van der Waals surface area contributed by atoms with E-state index in [0.717, 1.165) is 32.8 Å². The summed E-state index contributed by atoms with van der Waals surface area (Å²) in [6.07, 6.45) is 1.24. The smallest absolute Gasteiger partial charge is 0.173 e. The van der Waals surface area contributed by atoms with Crippen LogP contribution in [0.2, 0.25) is 0 Å². The number of rotatable bonds is 11. The standard InChI is InChI=1S/C16H18O2S4/c17-13(15-3-1-7-21-15)5-9-19-11-12-20-10-6-14(18)16-4-2-8-22-16/h1-4,7-8H,5-6,9-12H2. The predicted molar refractivity (Wildman–Crippen MR) is 101 cm³/mol. The molecule has 2 heterocycles. The van der Waals surface area contributed by atoms with E-state index in [1.54, 1.807) is 0 Å². The van der Waals surface area contributed by atoms with Gasteiger partial charge in [-0.15, -0.1) is 22.7 Å². The predicted octanol–water partition coefficient (Wildman–Crippen LogP) is 5.12. The van der Waals surface area contributed by atoms with Gasteiger partial charge in [0.05, 0.1) is 9.75 Å². The number of carbonyl (C=O) groups is 2. The van der Waals surface area contributed by atoms with Crippen LogP contribution in [0.3, 0.4) is 0 Å². The number of carbonyl (C=O) groups excluding carboxylic acids is 2. The maximum atomic E-state index is 11.8. The molecule has 0 radical (unpaired) electrons. The molecule has 0 spiro atoms. The molecule has 0 saturated heterocycles. The van der Waals surface area contributed by atoms with Crippen LogP contribution >= 0.6 is 46.2 Å². The zero-order chi connectivity index (χ0) is 15.6. The Morgan fingerprint density at radius 3 is 1.59 bits per heavy atom. The fourth-order valence-electron chi connectivity index (χ4n) is 1.77. The Morgan fingerprint density at radius 2 is 1.23 bits per heavy atom. The minimum atomic E-state index is 0.247. The second-order valence-corrected chi connectivity index (χ2v) is 8.87. The third-order valence-electron chi connectivity index (χ3n) is 2.91. The van der Waals surface area contributed by atoms with E-state index < -0.39 is 0 Å². The largest absolute Gasteiger partial charge is 0.293 e. The quantitative estimate of drug-likeness (QED) is 0.406. The first kappa shape index (κ1) is 17.8. The van der Waals surface area contributed by atoms with E-state index in [0.29, 0.717) is 12.8 Å². The van der Waals surface area contributed by atoms with E-state index in [9.17, 15) is 9.59 Å². The van der Waals surface area contributed by atoms with Crippen molar-refractivity contribution in [3.63, 3.8) is 0 Å². The van der Waals surface area contributed by atoms with Crippen LogP contribution in [-0.2, 0) is 0 Å². The summed E-state index contributed by atoms with van der Waals surface area (Å²) in [6.45, 7) is 0. The lowest BCUT2D eigenvalue weighted by Crippen LogP contribution is -2.00. The molecule has 0 bridgehead atoms. The molecule has 0 aliphatic rings. The van der Waals surface area contributed by atoms with Crippen molar-refractivity contribution in [2.24, 2.45) is 0 Å². The second-order valence-electron chi connectivity index (χ2n) is 4.53. The summed E-state index contributed by atoms with van der Waals surface area (Å²) in [5.41, 5.74) is 0. The van der Waals surface area contributed by atoms with Crippen LogP contribution in [0.25, 0.3) is 0 Å². The van der Waals surface area contributed by atoms with E-state index >= 15 is 0 Å². The number of Topliss-reactive ketones (excluding diaryl/α,β-unsaturated/α-hetero) is 2. The van der Waals surface area contributed by atoms with Crippen molar-refractivity contribution in [2.75, 3.05) is 23.0 Å². The summed E-state index contributed by atoms with van der Waals surface area (Å²) in [7, 11) is 0. The van der Waals surface area contributed by atoms with Crippen molar-refractivity contribution in [3.05, 3.63) is 44.8 Å². The van der Waals surface area contributed by atoms with Crippen LogP contribution in [0.4, 0.5) is 0 Å². The number of hydrogen-bond donors (Lipinski definition) is 0. The summed E-state index contributed by atoms with van der Waals surface area (Å²) >= 11 is 6.66. The van der Waals surface area contributed by atoms with Gasteiger partial charge in [0.15, 0.2) is 11.6 Å². The first-order valence-corrected chi connectivity index (χ1v) is 11.1. The number of thioether (sulfide) groups is 2. The molecule has 0 amide bonds.